The van der Waals surface area contributed by atoms with Crippen LogP contribution in [-0.4, -0.2) is 30.6 Å². The molecule has 0 spiro atoms. The molecule has 0 fully saturated rings. The highest BCUT2D eigenvalue weighted by molar-refractivity contribution is 4.92. The second-order valence-electron chi connectivity index (χ2n) is 4.96. The first kappa shape index (κ1) is 13.9. The number of likely N-dealkylation sites (N-methyl/N-ethyl adjacent to an activating group) is 1. The molecule has 0 aliphatic carbocycles. The average molecular weight is 200 g/mol. The number of nitrogens with zero attached hydrogens (tertiary/aromatic N) is 1. The molecule has 0 aromatic heterocycles. The lowest BCUT2D eigenvalue weighted by atomic mass is 9.83. The highest BCUT2D eigenvalue weighted by Crippen LogP contribution is 2.24. The first-order chi connectivity index (χ1) is 6.38. The van der Waals surface area contributed by atoms with Gasteiger partial charge in [0.15, 0.2) is 0 Å². The summed E-state index contributed by atoms with van der Waals surface area (Å²) in [4.78, 5) is 2.26. The highest BCUT2D eigenvalue weighted by atomic mass is 15.2. The Kier molecular flexibility index (Phi) is 5.68. The highest BCUT2D eigenvalue weighted by Gasteiger charge is 2.32. The van der Waals surface area contributed by atoms with Crippen LogP contribution < -0.4 is 5.73 Å². The smallest absolute Gasteiger partial charge is 0.0323 e. The number of hydrogen-bond acceptors (Lipinski definition) is 2. The van der Waals surface area contributed by atoms with E-state index >= 15 is 0 Å². The quantitative estimate of drug-likeness (QED) is 0.714. The third kappa shape index (κ3) is 3.25. The average Bonchev–Trinajstić information content (AvgIpc) is 2.15. The minimum absolute atomic E-state index is 0.142. The van der Waals surface area contributed by atoms with Crippen molar-refractivity contribution in [2.75, 3.05) is 14.1 Å². The topological polar surface area (TPSA) is 29.3 Å². The van der Waals surface area contributed by atoms with Crippen LogP contribution in [-0.2, 0) is 0 Å². The monoisotopic (exact) mass is 200 g/mol. The lowest BCUT2D eigenvalue weighted by molar-refractivity contribution is 0.119. The van der Waals surface area contributed by atoms with E-state index in [0.717, 1.165) is 18.8 Å². The molecular formula is C12H28N2. The van der Waals surface area contributed by atoms with Gasteiger partial charge < -0.3 is 10.6 Å². The fourth-order valence-corrected chi connectivity index (χ4v) is 1.76. The SMILES string of the molecule is CCC(C)CC(N)C(C)(CC)N(C)C. The van der Waals surface area contributed by atoms with Crippen LogP contribution in [0.4, 0.5) is 0 Å². The Morgan fingerprint density at radius 2 is 1.79 bits per heavy atom. The van der Waals surface area contributed by atoms with Gasteiger partial charge in [-0.2, -0.15) is 0 Å². The van der Waals surface area contributed by atoms with Crippen LogP contribution in [0.2, 0.25) is 0 Å². The largest absolute Gasteiger partial charge is 0.326 e. The van der Waals surface area contributed by atoms with Crippen LogP contribution in [0.15, 0.2) is 0 Å². The van der Waals surface area contributed by atoms with Crippen molar-refractivity contribution in [3.05, 3.63) is 0 Å². The summed E-state index contributed by atoms with van der Waals surface area (Å²) < 4.78 is 0. The molecule has 0 rings (SSSR count). The van der Waals surface area contributed by atoms with Crippen molar-refractivity contribution in [3.8, 4) is 0 Å². The van der Waals surface area contributed by atoms with Crippen LogP contribution in [0.3, 0.4) is 0 Å². The van der Waals surface area contributed by atoms with Gasteiger partial charge in [-0.25, -0.2) is 0 Å². The Labute approximate surface area is 89.9 Å². The molecule has 0 heterocycles. The molecular weight excluding hydrogens is 172 g/mol. The summed E-state index contributed by atoms with van der Waals surface area (Å²) in [6.45, 7) is 9.00. The second-order valence-corrected chi connectivity index (χ2v) is 4.96. The normalized spacial score (nSPS) is 20.6. The summed E-state index contributed by atoms with van der Waals surface area (Å²) in [6, 6.07) is 0.275. The zero-order valence-electron chi connectivity index (χ0n) is 10.8. The maximum Gasteiger partial charge on any atom is 0.0323 e. The minimum Gasteiger partial charge on any atom is -0.326 e. The Hall–Kier alpha value is -0.0800. The lowest BCUT2D eigenvalue weighted by Crippen LogP contribution is -2.55. The van der Waals surface area contributed by atoms with E-state index in [0.29, 0.717) is 0 Å². The summed E-state index contributed by atoms with van der Waals surface area (Å²) in [5.41, 5.74) is 6.44. The Morgan fingerprint density at radius 3 is 2.07 bits per heavy atom. The zero-order chi connectivity index (χ0) is 11.4. The number of nitrogens with two attached hydrogens (primary N) is 1. The van der Waals surface area contributed by atoms with E-state index in [4.69, 9.17) is 5.73 Å². The van der Waals surface area contributed by atoms with Crippen molar-refractivity contribution in [2.45, 2.75) is 58.5 Å². The van der Waals surface area contributed by atoms with E-state index in [2.05, 4.69) is 46.7 Å². The molecule has 3 unspecified atom stereocenters. The molecule has 0 amide bonds. The molecule has 0 aromatic carbocycles. The maximum absolute atomic E-state index is 6.30. The summed E-state index contributed by atoms with van der Waals surface area (Å²) in [5, 5.41) is 0. The predicted octanol–water partition coefficient (Wildman–Crippen LogP) is 2.48. The Bertz CT molecular complexity index is 156. The van der Waals surface area contributed by atoms with Crippen molar-refractivity contribution in [2.24, 2.45) is 11.7 Å². The van der Waals surface area contributed by atoms with Crippen LogP contribution in [0.1, 0.15) is 47.0 Å². The van der Waals surface area contributed by atoms with Crippen molar-refractivity contribution < 1.29 is 0 Å². The van der Waals surface area contributed by atoms with E-state index in [9.17, 15) is 0 Å². The van der Waals surface area contributed by atoms with Crippen molar-refractivity contribution in [1.29, 1.82) is 0 Å². The first-order valence-corrected chi connectivity index (χ1v) is 5.81. The van der Waals surface area contributed by atoms with Gasteiger partial charge in [0.2, 0.25) is 0 Å². The minimum atomic E-state index is 0.142. The van der Waals surface area contributed by atoms with E-state index in [1.165, 1.54) is 6.42 Å². The fraction of sp³-hybridized carbons (Fsp3) is 1.00. The summed E-state index contributed by atoms with van der Waals surface area (Å²) in [6.07, 6.45) is 3.46. The van der Waals surface area contributed by atoms with E-state index < -0.39 is 0 Å². The molecule has 0 saturated carbocycles. The van der Waals surface area contributed by atoms with Gasteiger partial charge in [-0.05, 0) is 39.8 Å². The molecule has 2 nitrogen and oxygen atoms in total. The molecule has 0 radical (unpaired) electrons. The molecule has 86 valence electrons. The Morgan fingerprint density at radius 1 is 1.29 bits per heavy atom. The second kappa shape index (κ2) is 5.72. The maximum atomic E-state index is 6.30. The molecule has 2 heteroatoms. The van der Waals surface area contributed by atoms with Crippen LogP contribution in [0.5, 0.6) is 0 Å². The van der Waals surface area contributed by atoms with Gasteiger partial charge in [0, 0.05) is 11.6 Å². The van der Waals surface area contributed by atoms with Gasteiger partial charge in [-0.1, -0.05) is 27.2 Å². The molecule has 0 bridgehead atoms. The van der Waals surface area contributed by atoms with Crippen molar-refractivity contribution in [3.63, 3.8) is 0 Å². The van der Waals surface area contributed by atoms with Gasteiger partial charge >= 0.3 is 0 Å². The predicted molar refractivity (Wildman–Crippen MR) is 64.4 cm³/mol. The molecule has 3 atom stereocenters. The zero-order valence-corrected chi connectivity index (χ0v) is 10.8. The van der Waals surface area contributed by atoms with Gasteiger partial charge in [0.1, 0.15) is 0 Å². The molecule has 0 aromatic rings. The van der Waals surface area contributed by atoms with Crippen molar-refractivity contribution in [1.82, 2.24) is 4.90 Å². The van der Waals surface area contributed by atoms with Gasteiger partial charge in [-0.3, -0.25) is 0 Å². The number of rotatable bonds is 6. The van der Waals surface area contributed by atoms with Gasteiger partial charge in [-0.15, -0.1) is 0 Å². The summed E-state index contributed by atoms with van der Waals surface area (Å²) in [7, 11) is 4.25. The molecule has 2 N–H and O–H groups in total. The summed E-state index contributed by atoms with van der Waals surface area (Å²) >= 11 is 0. The van der Waals surface area contributed by atoms with Crippen molar-refractivity contribution >= 4 is 0 Å². The summed E-state index contributed by atoms with van der Waals surface area (Å²) in [5.74, 6) is 0.732. The molecule has 0 saturated heterocycles. The fourth-order valence-electron chi connectivity index (χ4n) is 1.76. The van der Waals surface area contributed by atoms with Crippen LogP contribution in [0.25, 0.3) is 0 Å². The third-order valence-electron chi connectivity index (χ3n) is 3.89. The standard InChI is InChI=1S/C12H28N2/c1-7-10(3)9-11(13)12(4,8-2)14(5)6/h10-11H,7-9,13H2,1-6H3. The van der Waals surface area contributed by atoms with E-state index in [1.807, 2.05) is 0 Å². The molecule has 0 aliphatic heterocycles. The lowest BCUT2D eigenvalue weighted by Gasteiger charge is -2.41. The molecule has 0 aliphatic rings. The first-order valence-electron chi connectivity index (χ1n) is 5.81. The van der Waals surface area contributed by atoms with Gasteiger partial charge in [0.05, 0.1) is 0 Å². The Balaban J connectivity index is 4.38. The number of hydrogen-bond donors (Lipinski definition) is 1. The molecule has 14 heavy (non-hydrogen) atoms. The third-order valence-corrected chi connectivity index (χ3v) is 3.89. The van der Waals surface area contributed by atoms with Crippen LogP contribution >= 0.6 is 0 Å². The van der Waals surface area contributed by atoms with Gasteiger partial charge in [0.25, 0.3) is 0 Å². The van der Waals surface area contributed by atoms with E-state index in [1.54, 1.807) is 0 Å². The van der Waals surface area contributed by atoms with Crippen LogP contribution in [0, 0.1) is 5.92 Å². The van der Waals surface area contributed by atoms with E-state index in [-0.39, 0.29) is 11.6 Å².